The normalized spacial score (nSPS) is 33.0. The average molecular weight is 463 g/mol. The molecule has 1 amide bonds. The van der Waals surface area contributed by atoms with E-state index in [2.05, 4.69) is 28.4 Å². The lowest BCUT2D eigenvalue weighted by Gasteiger charge is -2.63. The number of hydrogen-bond acceptors (Lipinski definition) is 5. The van der Waals surface area contributed by atoms with Crippen LogP contribution < -0.4 is 10.1 Å². The first-order valence-corrected chi connectivity index (χ1v) is 12.7. The standard InChI is InChI=1S/C20H25NO2.C8H9NO2/c22-20-8-2-5-17-19(20)9-10-21(12-13-6-7-13)16(20)11-14-3-1-4-15(23-17)18(14)19;1-9-8(10)3-2-7-4-5-11-6-7/h1,3-4,13,16-17,22H,2,5-12H2;2-6H,1H3,(H,9,10)/b;3-2+/t16-,17+,19-,20-;/m1./s1. The van der Waals surface area contributed by atoms with Crippen molar-refractivity contribution >= 4 is 12.0 Å². The summed E-state index contributed by atoms with van der Waals surface area (Å²) in [4.78, 5) is 13.3. The van der Waals surface area contributed by atoms with Gasteiger partial charge < -0.3 is 19.6 Å². The third-order valence-electron chi connectivity index (χ3n) is 8.78. The van der Waals surface area contributed by atoms with E-state index in [1.165, 1.54) is 36.6 Å². The molecule has 2 N–H and O–H groups in total. The van der Waals surface area contributed by atoms with Crippen molar-refractivity contribution in [2.24, 2.45) is 5.92 Å². The van der Waals surface area contributed by atoms with Crippen LogP contribution in [-0.2, 0) is 16.6 Å². The first kappa shape index (κ1) is 21.9. The molecular formula is C28H34N2O4. The predicted molar refractivity (Wildman–Crippen MR) is 130 cm³/mol. The van der Waals surface area contributed by atoms with Crippen molar-refractivity contribution < 1.29 is 19.1 Å². The minimum Gasteiger partial charge on any atom is -0.489 e. The molecule has 180 valence electrons. The third kappa shape index (κ3) is 3.34. The Bertz CT molecular complexity index is 1090. The van der Waals surface area contributed by atoms with Crippen molar-refractivity contribution in [3.63, 3.8) is 0 Å². The van der Waals surface area contributed by atoms with Crippen LogP contribution in [0, 0.1) is 5.92 Å². The number of piperidine rings is 1. The van der Waals surface area contributed by atoms with Gasteiger partial charge in [0.2, 0.25) is 5.91 Å². The van der Waals surface area contributed by atoms with Gasteiger partial charge in [-0.2, -0.15) is 0 Å². The SMILES string of the molecule is CNC(=O)/C=C/c1ccoc1.O[C@@]12CCC[C@@H]3Oc4cccc5c4[C@@]31CCN(CC1CC1)[C@@H]2C5. The summed E-state index contributed by atoms with van der Waals surface area (Å²) in [6, 6.07) is 8.63. The van der Waals surface area contributed by atoms with Crippen molar-refractivity contribution in [2.75, 3.05) is 20.1 Å². The van der Waals surface area contributed by atoms with E-state index < -0.39 is 5.60 Å². The Kier molecular flexibility index (Phi) is 5.34. The Morgan fingerprint density at radius 1 is 1.26 bits per heavy atom. The number of aliphatic hydroxyl groups is 1. The van der Waals surface area contributed by atoms with Gasteiger partial charge in [0.05, 0.1) is 23.5 Å². The number of carbonyl (C=O) groups excluding carboxylic acids is 1. The number of likely N-dealkylation sites (tertiary alicyclic amines) is 1. The van der Waals surface area contributed by atoms with Crippen LogP contribution in [0.1, 0.15) is 55.2 Å². The fraction of sp³-hybridized carbons (Fsp3) is 0.536. The highest BCUT2D eigenvalue weighted by atomic mass is 16.5. The average Bonchev–Trinajstić information content (AvgIpc) is 3.37. The quantitative estimate of drug-likeness (QED) is 0.678. The Morgan fingerprint density at radius 2 is 2.15 bits per heavy atom. The van der Waals surface area contributed by atoms with Crippen LogP contribution in [-0.4, -0.2) is 53.8 Å². The van der Waals surface area contributed by atoms with E-state index in [-0.39, 0.29) is 17.4 Å². The van der Waals surface area contributed by atoms with Crippen LogP contribution in [0.25, 0.3) is 6.08 Å². The number of carbonyl (C=O) groups is 1. The molecule has 4 atom stereocenters. The van der Waals surface area contributed by atoms with Crippen LogP contribution in [0.4, 0.5) is 0 Å². The van der Waals surface area contributed by atoms with Gasteiger partial charge >= 0.3 is 0 Å². The number of rotatable bonds is 4. The molecule has 6 heteroatoms. The molecule has 1 saturated heterocycles. The van der Waals surface area contributed by atoms with Crippen molar-refractivity contribution in [1.82, 2.24) is 10.2 Å². The number of likely N-dealkylation sites (N-methyl/N-ethyl adjacent to an activating group) is 1. The summed E-state index contributed by atoms with van der Waals surface area (Å²) in [7, 11) is 1.59. The Hall–Kier alpha value is -2.57. The molecule has 3 fully saturated rings. The molecule has 2 bridgehead atoms. The fourth-order valence-corrected chi connectivity index (χ4v) is 7.07. The summed E-state index contributed by atoms with van der Waals surface area (Å²) in [5.74, 6) is 1.84. The number of ether oxygens (including phenoxy) is 1. The van der Waals surface area contributed by atoms with E-state index in [1.807, 2.05) is 0 Å². The zero-order valence-electron chi connectivity index (χ0n) is 19.8. The van der Waals surface area contributed by atoms with Gasteiger partial charge in [-0.25, -0.2) is 0 Å². The monoisotopic (exact) mass is 462 g/mol. The van der Waals surface area contributed by atoms with E-state index in [0.29, 0.717) is 6.04 Å². The zero-order chi connectivity index (χ0) is 23.3. The zero-order valence-corrected chi connectivity index (χ0v) is 19.8. The summed E-state index contributed by atoms with van der Waals surface area (Å²) in [6.45, 7) is 2.33. The molecule has 6 nitrogen and oxygen atoms in total. The second kappa shape index (κ2) is 8.28. The molecule has 34 heavy (non-hydrogen) atoms. The van der Waals surface area contributed by atoms with Crippen LogP contribution in [0.2, 0.25) is 0 Å². The maximum atomic E-state index is 12.0. The molecule has 5 aliphatic rings. The lowest BCUT2D eigenvalue weighted by atomic mass is 9.49. The molecule has 2 aromatic rings. The number of hydrogen-bond donors (Lipinski definition) is 2. The van der Waals surface area contributed by atoms with Crippen LogP contribution in [0.5, 0.6) is 5.75 Å². The highest BCUT2D eigenvalue weighted by Crippen LogP contribution is 2.64. The third-order valence-corrected chi connectivity index (χ3v) is 8.78. The molecule has 7 rings (SSSR count). The second-order valence-electron chi connectivity index (χ2n) is 10.6. The molecule has 1 aromatic carbocycles. The minimum absolute atomic E-state index is 0.119. The highest BCUT2D eigenvalue weighted by molar-refractivity contribution is 5.91. The topological polar surface area (TPSA) is 74.9 Å². The number of furan rings is 1. The Morgan fingerprint density at radius 3 is 2.91 bits per heavy atom. The number of benzene rings is 1. The maximum Gasteiger partial charge on any atom is 0.243 e. The van der Waals surface area contributed by atoms with Crippen LogP contribution >= 0.6 is 0 Å². The number of nitrogens with one attached hydrogen (secondary N) is 1. The summed E-state index contributed by atoms with van der Waals surface area (Å²) >= 11 is 0. The van der Waals surface area contributed by atoms with Crippen molar-refractivity contribution in [1.29, 1.82) is 0 Å². The molecule has 2 saturated carbocycles. The molecule has 0 radical (unpaired) electrons. The molecule has 3 aliphatic carbocycles. The van der Waals surface area contributed by atoms with E-state index in [1.54, 1.807) is 31.7 Å². The molecular weight excluding hydrogens is 428 g/mol. The smallest absolute Gasteiger partial charge is 0.243 e. The van der Waals surface area contributed by atoms with Gasteiger partial charge in [0.15, 0.2) is 0 Å². The first-order valence-electron chi connectivity index (χ1n) is 12.7. The highest BCUT2D eigenvalue weighted by Gasteiger charge is 2.70. The van der Waals surface area contributed by atoms with Gasteiger partial charge in [-0.1, -0.05) is 12.1 Å². The summed E-state index contributed by atoms with van der Waals surface area (Å²) in [5, 5.41) is 14.5. The minimum atomic E-state index is -0.581. The number of nitrogens with zero attached hydrogens (tertiary/aromatic N) is 1. The van der Waals surface area contributed by atoms with Crippen LogP contribution in [0.3, 0.4) is 0 Å². The Balaban J connectivity index is 0.000000168. The van der Waals surface area contributed by atoms with Gasteiger partial charge in [-0.05, 0) is 81.2 Å². The van der Waals surface area contributed by atoms with Gasteiger partial charge in [-0.3, -0.25) is 9.69 Å². The van der Waals surface area contributed by atoms with Gasteiger partial charge in [-0.15, -0.1) is 0 Å². The number of amides is 1. The van der Waals surface area contributed by atoms with Gasteiger partial charge in [0.25, 0.3) is 0 Å². The summed E-state index contributed by atoms with van der Waals surface area (Å²) in [6.07, 6.45) is 14.5. The summed E-state index contributed by atoms with van der Waals surface area (Å²) < 4.78 is 11.2. The summed E-state index contributed by atoms with van der Waals surface area (Å²) in [5.41, 5.74) is 3.01. The van der Waals surface area contributed by atoms with E-state index >= 15 is 0 Å². The lowest BCUT2D eigenvalue weighted by Crippen LogP contribution is -2.75. The van der Waals surface area contributed by atoms with E-state index in [0.717, 1.165) is 55.9 Å². The molecule has 0 unspecified atom stereocenters. The van der Waals surface area contributed by atoms with Gasteiger partial charge in [0, 0.05) is 36.8 Å². The first-order chi connectivity index (χ1) is 16.5. The largest absolute Gasteiger partial charge is 0.489 e. The van der Waals surface area contributed by atoms with Crippen molar-refractivity contribution in [3.8, 4) is 5.75 Å². The molecule has 2 aliphatic heterocycles. The maximum absolute atomic E-state index is 12.0. The molecule has 3 heterocycles. The van der Waals surface area contributed by atoms with E-state index in [9.17, 15) is 9.90 Å². The predicted octanol–water partition coefficient (Wildman–Crippen LogP) is 3.68. The fourth-order valence-electron chi connectivity index (χ4n) is 7.07. The van der Waals surface area contributed by atoms with E-state index in [4.69, 9.17) is 9.15 Å². The van der Waals surface area contributed by atoms with Crippen molar-refractivity contribution in [3.05, 3.63) is 59.6 Å². The van der Waals surface area contributed by atoms with Crippen LogP contribution in [0.15, 0.2) is 47.3 Å². The van der Waals surface area contributed by atoms with Crippen molar-refractivity contribution in [2.45, 2.75) is 68.1 Å². The second-order valence-corrected chi connectivity index (χ2v) is 10.6. The molecule has 1 spiro atoms. The molecule has 1 aromatic heterocycles. The lowest BCUT2D eigenvalue weighted by molar-refractivity contribution is -0.185. The Labute approximate surface area is 201 Å². The van der Waals surface area contributed by atoms with Gasteiger partial charge in [0.1, 0.15) is 11.9 Å².